The van der Waals surface area contributed by atoms with E-state index >= 15 is 0 Å². The average Bonchev–Trinajstić information content (AvgIpc) is 2.71. The largest absolute Gasteiger partial charge is 0.422 e. The van der Waals surface area contributed by atoms with Crippen LogP contribution >= 0.6 is 0 Å². The number of nitrogens with two attached hydrogens (primary N) is 1. The van der Waals surface area contributed by atoms with Crippen molar-refractivity contribution in [2.45, 2.75) is 20.0 Å². The first kappa shape index (κ1) is 18.6. The fourth-order valence-corrected chi connectivity index (χ4v) is 3.50. The molecule has 1 aliphatic heterocycles. The minimum atomic E-state index is -0.569. The van der Waals surface area contributed by atoms with Gasteiger partial charge < -0.3 is 20.0 Å². The predicted molar refractivity (Wildman–Crippen MR) is 102 cm³/mol. The molecule has 2 aromatic heterocycles. The van der Waals surface area contributed by atoms with Gasteiger partial charge in [-0.05, 0) is 29.8 Å². The van der Waals surface area contributed by atoms with Crippen molar-refractivity contribution >= 4 is 22.8 Å². The standard InChI is InChI=1S/C20H18FN5O3/c1-12(27)29-18-16-15(3-2-8-23-16)19(24-22)26-10-9-25(20(28)17(18)26)11-13-4-6-14(21)7-5-13/h2-8H,9-11,22H2,1H3/b24-19-. The summed E-state index contributed by atoms with van der Waals surface area (Å²) >= 11 is 0. The van der Waals surface area contributed by atoms with Crippen molar-refractivity contribution in [3.63, 3.8) is 0 Å². The number of pyridine rings is 2. The lowest BCUT2D eigenvalue weighted by Crippen LogP contribution is -2.45. The summed E-state index contributed by atoms with van der Waals surface area (Å²) in [6.07, 6.45) is 1.54. The molecule has 3 aromatic rings. The van der Waals surface area contributed by atoms with Gasteiger partial charge in [-0.2, -0.15) is 5.10 Å². The van der Waals surface area contributed by atoms with Crippen LogP contribution in [0, 0.1) is 5.82 Å². The number of halogens is 1. The second-order valence-corrected chi connectivity index (χ2v) is 6.63. The zero-order valence-corrected chi connectivity index (χ0v) is 15.6. The van der Waals surface area contributed by atoms with E-state index in [1.807, 2.05) is 0 Å². The lowest BCUT2D eigenvalue weighted by atomic mass is 10.1. The molecule has 3 heterocycles. The molecule has 148 valence electrons. The molecule has 0 spiro atoms. The van der Waals surface area contributed by atoms with Crippen molar-refractivity contribution in [1.82, 2.24) is 14.5 Å². The summed E-state index contributed by atoms with van der Waals surface area (Å²) in [4.78, 5) is 31.0. The van der Waals surface area contributed by atoms with Crippen LogP contribution in [-0.4, -0.2) is 32.9 Å². The van der Waals surface area contributed by atoms with Crippen molar-refractivity contribution in [2.75, 3.05) is 6.54 Å². The lowest BCUT2D eigenvalue weighted by Gasteiger charge is -2.31. The van der Waals surface area contributed by atoms with E-state index in [1.54, 1.807) is 33.7 Å². The number of hydrogen-bond acceptors (Lipinski definition) is 6. The number of benzene rings is 1. The van der Waals surface area contributed by atoms with Crippen LogP contribution in [0.25, 0.3) is 10.9 Å². The molecular formula is C20H18FN5O3. The first-order valence-corrected chi connectivity index (χ1v) is 8.97. The van der Waals surface area contributed by atoms with Gasteiger partial charge in [0.05, 0.1) is 0 Å². The number of aromatic nitrogens is 2. The van der Waals surface area contributed by atoms with E-state index in [0.717, 1.165) is 5.56 Å². The van der Waals surface area contributed by atoms with Crippen LogP contribution in [0.3, 0.4) is 0 Å². The van der Waals surface area contributed by atoms with E-state index in [9.17, 15) is 14.0 Å². The molecule has 0 saturated carbocycles. The van der Waals surface area contributed by atoms with Gasteiger partial charge in [0.15, 0.2) is 16.9 Å². The number of amides is 1. The van der Waals surface area contributed by atoms with Crippen LogP contribution in [0.4, 0.5) is 4.39 Å². The molecule has 4 rings (SSSR count). The van der Waals surface area contributed by atoms with Crippen LogP contribution in [0.2, 0.25) is 0 Å². The molecule has 1 aromatic carbocycles. The van der Waals surface area contributed by atoms with Gasteiger partial charge in [0, 0.05) is 38.1 Å². The zero-order chi connectivity index (χ0) is 20.5. The number of fused-ring (bicyclic) bond motifs is 2. The topological polar surface area (TPSA) is 103 Å². The molecule has 0 radical (unpaired) electrons. The first-order valence-electron chi connectivity index (χ1n) is 8.97. The minimum absolute atomic E-state index is 0.0781. The third kappa shape index (κ3) is 3.31. The molecule has 0 fully saturated rings. The summed E-state index contributed by atoms with van der Waals surface area (Å²) in [6, 6.07) is 9.41. The predicted octanol–water partition coefficient (Wildman–Crippen LogP) is 1.53. The van der Waals surface area contributed by atoms with Crippen molar-refractivity contribution in [3.05, 3.63) is 65.2 Å². The molecular weight excluding hydrogens is 377 g/mol. The van der Waals surface area contributed by atoms with Crippen LogP contribution in [0.5, 0.6) is 5.75 Å². The Morgan fingerprint density at radius 2 is 2.03 bits per heavy atom. The van der Waals surface area contributed by atoms with Crippen LogP contribution in [-0.2, 0) is 17.9 Å². The van der Waals surface area contributed by atoms with Gasteiger partial charge in [-0.1, -0.05) is 12.1 Å². The molecule has 1 aliphatic rings. The molecule has 0 saturated heterocycles. The van der Waals surface area contributed by atoms with Gasteiger partial charge in [0.25, 0.3) is 5.91 Å². The van der Waals surface area contributed by atoms with Crippen molar-refractivity contribution in [3.8, 4) is 5.75 Å². The van der Waals surface area contributed by atoms with Crippen molar-refractivity contribution < 1.29 is 18.7 Å². The Hall–Kier alpha value is -3.75. The quantitative estimate of drug-likeness (QED) is 0.412. The van der Waals surface area contributed by atoms with Crippen LogP contribution < -0.4 is 16.1 Å². The minimum Gasteiger partial charge on any atom is -0.422 e. The summed E-state index contributed by atoms with van der Waals surface area (Å²) in [5.74, 6) is 4.43. The van der Waals surface area contributed by atoms with E-state index in [0.29, 0.717) is 29.5 Å². The monoisotopic (exact) mass is 395 g/mol. The second-order valence-electron chi connectivity index (χ2n) is 6.63. The number of nitrogens with zero attached hydrogens (tertiary/aromatic N) is 4. The molecule has 0 bridgehead atoms. The molecule has 8 nitrogen and oxygen atoms in total. The summed E-state index contributed by atoms with van der Waals surface area (Å²) < 4.78 is 20.2. The normalized spacial score (nSPS) is 14.2. The highest BCUT2D eigenvalue weighted by atomic mass is 19.1. The molecule has 2 N–H and O–H groups in total. The fraction of sp³-hybridized carbons (Fsp3) is 0.200. The summed E-state index contributed by atoms with van der Waals surface area (Å²) in [5.41, 5.74) is 1.65. The average molecular weight is 395 g/mol. The van der Waals surface area contributed by atoms with Crippen molar-refractivity contribution in [1.29, 1.82) is 0 Å². The number of rotatable bonds is 3. The van der Waals surface area contributed by atoms with Crippen LogP contribution in [0.15, 0.2) is 47.7 Å². The van der Waals surface area contributed by atoms with Gasteiger partial charge in [-0.3, -0.25) is 14.6 Å². The summed E-state index contributed by atoms with van der Waals surface area (Å²) in [5, 5.41) is 4.43. The van der Waals surface area contributed by atoms with Crippen LogP contribution in [0.1, 0.15) is 23.0 Å². The van der Waals surface area contributed by atoms with Gasteiger partial charge >= 0.3 is 5.97 Å². The van der Waals surface area contributed by atoms with Gasteiger partial charge in [0.1, 0.15) is 11.3 Å². The molecule has 9 heteroatoms. The summed E-state index contributed by atoms with van der Waals surface area (Å²) in [6.45, 7) is 2.34. The van der Waals surface area contributed by atoms with Gasteiger partial charge in [0.2, 0.25) is 0 Å². The molecule has 0 aliphatic carbocycles. The third-order valence-corrected chi connectivity index (χ3v) is 4.74. The van der Waals surface area contributed by atoms with E-state index in [4.69, 9.17) is 10.6 Å². The van der Waals surface area contributed by atoms with Crippen molar-refractivity contribution in [2.24, 2.45) is 10.9 Å². The maximum atomic E-state index is 13.3. The Kier molecular flexibility index (Phi) is 4.71. The van der Waals surface area contributed by atoms with E-state index in [-0.39, 0.29) is 29.7 Å². The lowest BCUT2D eigenvalue weighted by molar-refractivity contribution is -0.131. The maximum absolute atomic E-state index is 13.3. The zero-order valence-electron chi connectivity index (χ0n) is 15.6. The Labute approximate surface area is 165 Å². The SMILES string of the molecule is CC(=O)Oc1c2n(/c(=N\N)c3cccnc13)CCN(Cc1ccc(F)cc1)C2=O. The third-order valence-electron chi connectivity index (χ3n) is 4.74. The number of hydrogen-bond donors (Lipinski definition) is 1. The highest BCUT2D eigenvalue weighted by Gasteiger charge is 2.31. The highest BCUT2D eigenvalue weighted by molar-refractivity contribution is 6.02. The smallest absolute Gasteiger partial charge is 0.308 e. The first-order chi connectivity index (χ1) is 14.0. The Morgan fingerprint density at radius 3 is 2.72 bits per heavy atom. The Morgan fingerprint density at radius 1 is 1.28 bits per heavy atom. The van der Waals surface area contributed by atoms with Gasteiger partial charge in [-0.15, -0.1) is 0 Å². The number of carbonyl (C=O) groups excluding carboxylic acids is 2. The second kappa shape index (κ2) is 7.34. The molecule has 0 atom stereocenters. The number of carbonyl (C=O) groups is 2. The number of ether oxygens (including phenoxy) is 1. The Bertz CT molecular complexity index is 1190. The fourth-order valence-electron chi connectivity index (χ4n) is 3.50. The molecule has 0 unspecified atom stereocenters. The van der Waals surface area contributed by atoms with Gasteiger partial charge in [-0.25, -0.2) is 4.39 Å². The molecule has 1 amide bonds. The summed E-state index contributed by atoms with van der Waals surface area (Å²) in [7, 11) is 0. The van der Waals surface area contributed by atoms with E-state index in [1.165, 1.54) is 25.3 Å². The van der Waals surface area contributed by atoms with E-state index < -0.39 is 5.97 Å². The van der Waals surface area contributed by atoms with E-state index in [2.05, 4.69) is 10.1 Å². The molecule has 29 heavy (non-hydrogen) atoms. The Balaban J connectivity index is 1.87. The number of esters is 1. The highest BCUT2D eigenvalue weighted by Crippen LogP contribution is 2.30. The maximum Gasteiger partial charge on any atom is 0.308 e.